The van der Waals surface area contributed by atoms with Gasteiger partial charge in [0.25, 0.3) is 0 Å². The topological polar surface area (TPSA) is 46.5 Å². The quantitative estimate of drug-likeness (QED) is 0.537. The summed E-state index contributed by atoms with van der Waals surface area (Å²) in [6, 6.07) is 22.8. The molecular weight excluding hydrogens is 360 g/mol. The van der Waals surface area contributed by atoms with Gasteiger partial charge in [-0.3, -0.25) is 0 Å². The van der Waals surface area contributed by atoms with Crippen LogP contribution in [0, 0.1) is 0 Å². The summed E-state index contributed by atoms with van der Waals surface area (Å²) < 4.78 is 6.00. The molecule has 0 heterocycles. The Morgan fingerprint density at radius 3 is 2.41 bits per heavy atom. The summed E-state index contributed by atoms with van der Waals surface area (Å²) in [7, 11) is 0. The molecule has 1 N–H and O–H groups in total. The minimum atomic E-state index is -0.896. The summed E-state index contributed by atoms with van der Waals surface area (Å²) in [5, 5.41) is 9.66. The first kappa shape index (κ1) is 19.0. The molecule has 0 bridgehead atoms. The summed E-state index contributed by atoms with van der Waals surface area (Å²) in [5.74, 6) is -0.00831. The van der Waals surface area contributed by atoms with Crippen molar-refractivity contribution >= 4 is 17.6 Å². The van der Waals surface area contributed by atoms with Gasteiger partial charge in [0.1, 0.15) is 12.4 Å². The molecule has 3 aromatic carbocycles. The molecule has 0 aliphatic rings. The summed E-state index contributed by atoms with van der Waals surface area (Å²) in [6.07, 6.45) is 2.75. The first-order chi connectivity index (χ1) is 13.1. The van der Waals surface area contributed by atoms with Gasteiger partial charge in [0, 0.05) is 5.02 Å². The summed E-state index contributed by atoms with van der Waals surface area (Å²) in [5.41, 5.74) is 3.66. The molecule has 3 nitrogen and oxygen atoms in total. The smallest absolute Gasteiger partial charge is 0.335 e. The zero-order valence-corrected chi connectivity index (χ0v) is 15.7. The molecule has 0 spiro atoms. The zero-order valence-electron chi connectivity index (χ0n) is 14.9. The predicted octanol–water partition coefficient (Wildman–Crippen LogP) is 5.79. The Balaban J connectivity index is 1.56. The Bertz CT molecular complexity index is 904. The van der Waals surface area contributed by atoms with E-state index < -0.39 is 5.97 Å². The van der Waals surface area contributed by atoms with E-state index in [0.29, 0.717) is 17.2 Å². The lowest BCUT2D eigenvalue weighted by atomic mass is 10.0. The average molecular weight is 381 g/mol. The summed E-state index contributed by atoms with van der Waals surface area (Å²) in [6.45, 7) is 0.480. The molecular formula is C23H21ClO3. The van der Waals surface area contributed by atoms with Gasteiger partial charge in [-0.15, -0.1) is 0 Å². The molecule has 0 radical (unpaired) electrons. The molecule has 0 aliphatic carbocycles. The highest BCUT2D eigenvalue weighted by atomic mass is 35.5. The molecule has 138 valence electrons. The van der Waals surface area contributed by atoms with E-state index in [2.05, 4.69) is 6.07 Å². The number of para-hydroxylation sites is 1. The van der Waals surface area contributed by atoms with Crippen LogP contribution >= 0.6 is 11.6 Å². The van der Waals surface area contributed by atoms with Crippen LogP contribution in [-0.2, 0) is 19.4 Å². The van der Waals surface area contributed by atoms with Crippen LogP contribution < -0.4 is 4.74 Å². The predicted molar refractivity (Wildman–Crippen MR) is 108 cm³/mol. The molecule has 3 aromatic rings. The largest absolute Gasteiger partial charge is 0.489 e. The lowest BCUT2D eigenvalue weighted by molar-refractivity contribution is 0.0697. The van der Waals surface area contributed by atoms with Crippen molar-refractivity contribution in [2.24, 2.45) is 0 Å². The van der Waals surface area contributed by atoms with Crippen LogP contribution in [0.1, 0.15) is 33.5 Å². The van der Waals surface area contributed by atoms with Gasteiger partial charge in [-0.1, -0.05) is 54.1 Å². The maximum absolute atomic E-state index is 10.9. The van der Waals surface area contributed by atoms with Crippen LogP contribution in [0.3, 0.4) is 0 Å². The number of rotatable bonds is 8. The van der Waals surface area contributed by atoms with E-state index in [9.17, 15) is 4.79 Å². The standard InChI is InChI=1S/C23H21ClO3/c24-21-9-4-6-18(15-21)16-27-22-10-2-1-7-19(22)8-3-5-17-11-13-20(14-12-17)23(25)26/h1-2,4,6-7,9-15H,3,5,8,16H2,(H,25,26). The third-order valence-corrected chi connectivity index (χ3v) is 4.60. The van der Waals surface area contributed by atoms with Gasteiger partial charge in [-0.25, -0.2) is 4.79 Å². The minimum absolute atomic E-state index is 0.318. The normalized spacial score (nSPS) is 10.6. The molecule has 4 heteroatoms. The summed E-state index contributed by atoms with van der Waals surface area (Å²) >= 11 is 6.02. The van der Waals surface area contributed by atoms with Crippen LogP contribution in [0.25, 0.3) is 0 Å². The molecule has 0 saturated heterocycles. The molecule has 0 aliphatic heterocycles. The Morgan fingerprint density at radius 1 is 0.889 bits per heavy atom. The number of benzene rings is 3. The van der Waals surface area contributed by atoms with Gasteiger partial charge in [0.05, 0.1) is 5.56 Å². The van der Waals surface area contributed by atoms with E-state index >= 15 is 0 Å². The fourth-order valence-corrected chi connectivity index (χ4v) is 3.15. The Labute approximate surface area is 164 Å². The number of carboxylic acid groups (broad SMARTS) is 1. The van der Waals surface area contributed by atoms with E-state index in [1.165, 1.54) is 5.56 Å². The fourth-order valence-electron chi connectivity index (χ4n) is 2.94. The molecule has 0 aromatic heterocycles. The Morgan fingerprint density at radius 2 is 1.67 bits per heavy atom. The number of aromatic carboxylic acids is 1. The molecule has 3 rings (SSSR count). The first-order valence-corrected chi connectivity index (χ1v) is 9.27. The van der Waals surface area contributed by atoms with Gasteiger partial charge in [0.15, 0.2) is 0 Å². The van der Waals surface area contributed by atoms with E-state index in [-0.39, 0.29) is 0 Å². The maximum Gasteiger partial charge on any atom is 0.335 e. The van der Waals surface area contributed by atoms with Gasteiger partial charge in [0.2, 0.25) is 0 Å². The van der Waals surface area contributed by atoms with Crippen molar-refractivity contribution in [2.75, 3.05) is 0 Å². The average Bonchev–Trinajstić information content (AvgIpc) is 2.68. The van der Waals surface area contributed by atoms with Gasteiger partial charge >= 0.3 is 5.97 Å². The lowest BCUT2D eigenvalue weighted by Gasteiger charge is -2.12. The zero-order chi connectivity index (χ0) is 19.1. The van der Waals surface area contributed by atoms with Crippen molar-refractivity contribution in [3.63, 3.8) is 0 Å². The van der Waals surface area contributed by atoms with Crippen molar-refractivity contribution in [1.82, 2.24) is 0 Å². The molecule has 27 heavy (non-hydrogen) atoms. The van der Waals surface area contributed by atoms with Crippen molar-refractivity contribution in [3.05, 3.63) is 100 Å². The number of halogens is 1. The number of carbonyl (C=O) groups is 1. The number of ether oxygens (including phenoxy) is 1. The maximum atomic E-state index is 10.9. The van der Waals surface area contributed by atoms with Crippen molar-refractivity contribution in [3.8, 4) is 5.75 Å². The molecule has 0 amide bonds. The SMILES string of the molecule is O=C(O)c1ccc(CCCc2ccccc2OCc2cccc(Cl)c2)cc1. The Kier molecular flexibility index (Phi) is 6.50. The summed E-state index contributed by atoms with van der Waals surface area (Å²) in [4.78, 5) is 10.9. The highest BCUT2D eigenvalue weighted by molar-refractivity contribution is 6.30. The second kappa shape index (κ2) is 9.24. The van der Waals surface area contributed by atoms with Crippen molar-refractivity contribution in [1.29, 1.82) is 0 Å². The van der Waals surface area contributed by atoms with Gasteiger partial charge in [-0.2, -0.15) is 0 Å². The van der Waals surface area contributed by atoms with Crippen LogP contribution in [0.15, 0.2) is 72.8 Å². The molecule has 0 fully saturated rings. The van der Waals surface area contributed by atoms with E-state index in [4.69, 9.17) is 21.4 Å². The highest BCUT2D eigenvalue weighted by Gasteiger charge is 2.05. The molecule has 0 saturated carbocycles. The second-order valence-electron chi connectivity index (χ2n) is 6.38. The van der Waals surface area contributed by atoms with E-state index in [0.717, 1.165) is 36.1 Å². The second-order valence-corrected chi connectivity index (χ2v) is 6.82. The van der Waals surface area contributed by atoms with Crippen LogP contribution in [-0.4, -0.2) is 11.1 Å². The highest BCUT2D eigenvalue weighted by Crippen LogP contribution is 2.22. The minimum Gasteiger partial charge on any atom is -0.489 e. The van der Waals surface area contributed by atoms with E-state index in [1.54, 1.807) is 12.1 Å². The van der Waals surface area contributed by atoms with E-state index in [1.807, 2.05) is 54.6 Å². The Hall–Kier alpha value is -2.78. The van der Waals surface area contributed by atoms with Crippen LogP contribution in [0.5, 0.6) is 5.75 Å². The van der Waals surface area contributed by atoms with Crippen LogP contribution in [0.2, 0.25) is 5.02 Å². The van der Waals surface area contributed by atoms with Crippen LogP contribution in [0.4, 0.5) is 0 Å². The lowest BCUT2D eigenvalue weighted by Crippen LogP contribution is -2.00. The first-order valence-electron chi connectivity index (χ1n) is 8.89. The van der Waals surface area contributed by atoms with Gasteiger partial charge in [-0.05, 0) is 66.3 Å². The molecule has 0 atom stereocenters. The van der Waals surface area contributed by atoms with Gasteiger partial charge < -0.3 is 9.84 Å². The number of carboxylic acids is 1. The number of hydrogen-bond donors (Lipinski definition) is 1. The third-order valence-electron chi connectivity index (χ3n) is 4.37. The number of aryl methyl sites for hydroxylation is 2. The van der Waals surface area contributed by atoms with Crippen molar-refractivity contribution in [2.45, 2.75) is 25.9 Å². The van der Waals surface area contributed by atoms with Crippen molar-refractivity contribution < 1.29 is 14.6 Å². The molecule has 0 unspecified atom stereocenters. The third kappa shape index (κ3) is 5.60. The monoisotopic (exact) mass is 380 g/mol. The number of hydrogen-bond acceptors (Lipinski definition) is 2. The fraction of sp³-hybridized carbons (Fsp3) is 0.174.